The van der Waals surface area contributed by atoms with E-state index < -0.39 is 0 Å². The smallest absolute Gasteiger partial charge is 0.255 e. The highest BCUT2D eigenvalue weighted by Gasteiger charge is 2.21. The molecule has 0 spiro atoms. The number of aryl methyl sites for hydroxylation is 3. The predicted molar refractivity (Wildman–Crippen MR) is 93.0 cm³/mol. The van der Waals surface area contributed by atoms with E-state index in [1.807, 2.05) is 31.4 Å². The van der Waals surface area contributed by atoms with E-state index in [0.29, 0.717) is 11.3 Å². The molecular formula is C19H19NO2S. The summed E-state index contributed by atoms with van der Waals surface area (Å²) in [6.07, 6.45) is 0. The minimum atomic E-state index is -0.155. The molecular weight excluding hydrogens is 306 g/mol. The van der Waals surface area contributed by atoms with Crippen molar-refractivity contribution in [3.05, 3.63) is 80.9 Å². The summed E-state index contributed by atoms with van der Waals surface area (Å²) in [4.78, 5) is 13.8. The van der Waals surface area contributed by atoms with E-state index in [-0.39, 0.29) is 11.9 Å². The maximum Gasteiger partial charge on any atom is 0.255 e. The van der Waals surface area contributed by atoms with Crippen molar-refractivity contribution in [1.82, 2.24) is 5.32 Å². The lowest BCUT2D eigenvalue weighted by molar-refractivity contribution is 0.0942. The van der Waals surface area contributed by atoms with Crippen molar-refractivity contribution in [3.63, 3.8) is 0 Å². The molecule has 3 nitrogen and oxygen atoms in total. The van der Waals surface area contributed by atoms with Crippen LogP contribution in [0, 0.1) is 20.8 Å². The van der Waals surface area contributed by atoms with Crippen molar-refractivity contribution in [2.45, 2.75) is 26.8 Å². The molecule has 0 aliphatic heterocycles. The Morgan fingerprint density at radius 3 is 2.43 bits per heavy atom. The summed E-state index contributed by atoms with van der Waals surface area (Å²) in [5.41, 5.74) is 2.87. The van der Waals surface area contributed by atoms with Crippen molar-refractivity contribution in [2.24, 2.45) is 0 Å². The maximum absolute atomic E-state index is 12.7. The number of furan rings is 1. The van der Waals surface area contributed by atoms with Crippen LogP contribution in [0.4, 0.5) is 0 Å². The minimum absolute atomic E-state index is 0.113. The summed E-state index contributed by atoms with van der Waals surface area (Å²) < 4.78 is 5.47. The van der Waals surface area contributed by atoms with Gasteiger partial charge in [0.1, 0.15) is 11.5 Å². The van der Waals surface area contributed by atoms with Crippen molar-refractivity contribution < 1.29 is 9.21 Å². The second kappa shape index (κ2) is 6.42. The first kappa shape index (κ1) is 15.6. The molecule has 1 unspecified atom stereocenters. The number of carbonyl (C=O) groups is 1. The Labute approximate surface area is 140 Å². The van der Waals surface area contributed by atoms with Crippen molar-refractivity contribution >= 4 is 17.2 Å². The molecule has 1 atom stereocenters. The third-order valence-electron chi connectivity index (χ3n) is 3.80. The predicted octanol–water partition coefficient (Wildman–Crippen LogP) is 4.79. The van der Waals surface area contributed by atoms with Crippen LogP contribution in [0.2, 0.25) is 0 Å². The van der Waals surface area contributed by atoms with Gasteiger partial charge in [-0.3, -0.25) is 4.79 Å². The van der Waals surface area contributed by atoms with Crippen LogP contribution in [-0.2, 0) is 0 Å². The van der Waals surface area contributed by atoms with E-state index in [2.05, 4.69) is 36.5 Å². The molecule has 118 valence electrons. The number of benzene rings is 1. The van der Waals surface area contributed by atoms with Crippen LogP contribution >= 0.6 is 11.3 Å². The zero-order chi connectivity index (χ0) is 16.4. The Bertz CT molecular complexity index is 801. The largest absolute Gasteiger partial charge is 0.466 e. The van der Waals surface area contributed by atoms with Gasteiger partial charge in [-0.15, -0.1) is 11.3 Å². The average molecular weight is 325 g/mol. The molecule has 0 aliphatic rings. The first-order valence-electron chi connectivity index (χ1n) is 7.52. The Kier molecular flexibility index (Phi) is 4.35. The minimum Gasteiger partial charge on any atom is -0.466 e. The monoisotopic (exact) mass is 325 g/mol. The van der Waals surface area contributed by atoms with Gasteiger partial charge in [0, 0.05) is 4.88 Å². The van der Waals surface area contributed by atoms with Crippen LogP contribution < -0.4 is 5.32 Å². The molecule has 0 bridgehead atoms. The number of carbonyl (C=O) groups excluding carboxylic acids is 1. The van der Waals surface area contributed by atoms with Gasteiger partial charge in [-0.2, -0.15) is 0 Å². The van der Waals surface area contributed by atoms with Crippen LogP contribution in [0.3, 0.4) is 0 Å². The Balaban J connectivity index is 1.92. The molecule has 0 aliphatic carbocycles. The van der Waals surface area contributed by atoms with Gasteiger partial charge >= 0.3 is 0 Å². The summed E-state index contributed by atoms with van der Waals surface area (Å²) in [7, 11) is 0. The number of hydrogen-bond donors (Lipinski definition) is 1. The summed E-state index contributed by atoms with van der Waals surface area (Å²) in [5, 5.41) is 5.16. The highest BCUT2D eigenvalue weighted by atomic mass is 32.1. The molecule has 2 aromatic heterocycles. The van der Waals surface area contributed by atoms with Gasteiger partial charge in [0.25, 0.3) is 5.91 Å². The zero-order valence-corrected chi connectivity index (χ0v) is 14.2. The van der Waals surface area contributed by atoms with E-state index in [4.69, 9.17) is 4.42 Å². The van der Waals surface area contributed by atoms with E-state index >= 15 is 0 Å². The van der Waals surface area contributed by atoms with Gasteiger partial charge in [0.05, 0.1) is 11.6 Å². The second-order valence-electron chi connectivity index (χ2n) is 5.66. The van der Waals surface area contributed by atoms with Gasteiger partial charge in [-0.1, -0.05) is 35.9 Å². The summed E-state index contributed by atoms with van der Waals surface area (Å²) >= 11 is 1.64. The SMILES string of the molecule is Cc1ccc(C(NC(=O)c2cc(C)oc2C)c2cccs2)cc1. The van der Waals surface area contributed by atoms with Crippen LogP contribution in [0.15, 0.2) is 52.3 Å². The van der Waals surface area contributed by atoms with E-state index in [1.54, 1.807) is 17.4 Å². The highest BCUT2D eigenvalue weighted by Crippen LogP contribution is 2.27. The number of rotatable bonds is 4. The molecule has 1 aromatic carbocycles. The fraction of sp³-hybridized carbons (Fsp3) is 0.211. The molecule has 0 saturated carbocycles. The lowest BCUT2D eigenvalue weighted by Gasteiger charge is -2.18. The van der Waals surface area contributed by atoms with Crippen LogP contribution in [-0.4, -0.2) is 5.91 Å². The molecule has 3 rings (SSSR count). The molecule has 3 aromatic rings. The molecule has 0 radical (unpaired) electrons. The van der Waals surface area contributed by atoms with Gasteiger partial charge < -0.3 is 9.73 Å². The summed E-state index contributed by atoms with van der Waals surface area (Å²) in [6.45, 7) is 5.72. The third-order valence-corrected chi connectivity index (χ3v) is 4.74. The number of amides is 1. The van der Waals surface area contributed by atoms with Gasteiger partial charge in [-0.05, 0) is 43.8 Å². The van der Waals surface area contributed by atoms with Crippen LogP contribution in [0.1, 0.15) is 43.9 Å². The average Bonchev–Trinajstić information content (AvgIpc) is 3.15. The Morgan fingerprint density at radius 2 is 1.87 bits per heavy atom. The first-order chi connectivity index (χ1) is 11.0. The lowest BCUT2D eigenvalue weighted by atomic mass is 10.0. The molecule has 1 N–H and O–H groups in total. The van der Waals surface area contributed by atoms with Crippen molar-refractivity contribution in [2.75, 3.05) is 0 Å². The van der Waals surface area contributed by atoms with E-state index in [9.17, 15) is 4.79 Å². The lowest BCUT2D eigenvalue weighted by Crippen LogP contribution is -2.29. The molecule has 0 fully saturated rings. The summed E-state index contributed by atoms with van der Waals surface area (Å²) in [6, 6.07) is 13.9. The number of thiophene rings is 1. The van der Waals surface area contributed by atoms with E-state index in [1.165, 1.54) is 5.56 Å². The van der Waals surface area contributed by atoms with Crippen molar-refractivity contribution in [3.8, 4) is 0 Å². The molecule has 2 heterocycles. The quantitative estimate of drug-likeness (QED) is 0.749. The topological polar surface area (TPSA) is 42.2 Å². The normalized spacial score (nSPS) is 12.1. The molecule has 4 heteroatoms. The maximum atomic E-state index is 12.7. The third kappa shape index (κ3) is 3.37. The van der Waals surface area contributed by atoms with Gasteiger partial charge in [-0.25, -0.2) is 0 Å². The molecule has 1 amide bonds. The fourth-order valence-electron chi connectivity index (χ4n) is 2.60. The highest BCUT2D eigenvalue weighted by molar-refractivity contribution is 7.10. The molecule has 23 heavy (non-hydrogen) atoms. The van der Waals surface area contributed by atoms with Gasteiger partial charge in [0.15, 0.2) is 0 Å². The zero-order valence-electron chi connectivity index (χ0n) is 13.4. The summed E-state index contributed by atoms with van der Waals surface area (Å²) in [5.74, 6) is 1.28. The Hall–Kier alpha value is -2.33. The molecule has 0 saturated heterocycles. The van der Waals surface area contributed by atoms with Gasteiger partial charge in [0.2, 0.25) is 0 Å². The van der Waals surface area contributed by atoms with E-state index in [0.717, 1.165) is 16.2 Å². The fourth-order valence-corrected chi connectivity index (χ4v) is 3.40. The first-order valence-corrected chi connectivity index (χ1v) is 8.40. The standard InChI is InChI=1S/C19H19NO2S/c1-12-6-8-15(9-7-12)18(17-5-4-10-23-17)20-19(21)16-11-13(2)22-14(16)3/h4-11,18H,1-3H3,(H,20,21). The van der Waals surface area contributed by atoms with Crippen LogP contribution in [0.5, 0.6) is 0 Å². The van der Waals surface area contributed by atoms with Crippen LogP contribution in [0.25, 0.3) is 0 Å². The van der Waals surface area contributed by atoms with Crippen molar-refractivity contribution in [1.29, 1.82) is 0 Å². The number of nitrogens with one attached hydrogen (secondary N) is 1. The number of hydrogen-bond acceptors (Lipinski definition) is 3. The Morgan fingerprint density at radius 1 is 1.13 bits per heavy atom. The second-order valence-corrected chi connectivity index (χ2v) is 6.64.